The molecule has 1 fully saturated rings. The number of hydrogen-bond acceptors (Lipinski definition) is 6. The fourth-order valence-corrected chi connectivity index (χ4v) is 3.76. The number of aryl methyl sites for hydroxylation is 1. The van der Waals surface area contributed by atoms with Gasteiger partial charge in [0.05, 0.1) is 12.1 Å². The van der Waals surface area contributed by atoms with Crippen LogP contribution in [0.5, 0.6) is 5.75 Å². The van der Waals surface area contributed by atoms with E-state index in [0.29, 0.717) is 16.7 Å². The molecule has 1 aliphatic heterocycles. The van der Waals surface area contributed by atoms with Crippen LogP contribution in [0.25, 0.3) is 0 Å². The molecule has 0 spiro atoms. The molecule has 7 heteroatoms. The van der Waals surface area contributed by atoms with Gasteiger partial charge in [-0.3, -0.25) is 0 Å². The van der Waals surface area contributed by atoms with Gasteiger partial charge in [0.15, 0.2) is 0 Å². The normalized spacial score (nSPS) is 13.8. The molecule has 0 aliphatic carbocycles. The molecule has 3 aromatic rings. The number of piperidine rings is 1. The molecule has 2 aromatic carbocycles. The predicted molar refractivity (Wildman–Crippen MR) is 124 cm³/mol. The van der Waals surface area contributed by atoms with Gasteiger partial charge in [-0.1, -0.05) is 17.7 Å². The molecule has 0 saturated carbocycles. The van der Waals surface area contributed by atoms with Crippen molar-refractivity contribution in [3.8, 4) is 5.75 Å². The summed E-state index contributed by atoms with van der Waals surface area (Å²) in [5.74, 6) is 1.88. The predicted octanol–water partition coefficient (Wildman–Crippen LogP) is 5.92. The second-order valence-electron chi connectivity index (χ2n) is 7.42. The molecule has 4 rings (SSSR count). The van der Waals surface area contributed by atoms with Crippen molar-refractivity contribution in [2.45, 2.75) is 26.2 Å². The Bertz CT molecular complexity index is 1020. The van der Waals surface area contributed by atoms with Gasteiger partial charge in [-0.05, 0) is 56.5 Å². The van der Waals surface area contributed by atoms with Crippen molar-refractivity contribution in [2.75, 3.05) is 35.7 Å². The van der Waals surface area contributed by atoms with Crippen LogP contribution in [0.15, 0.2) is 48.7 Å². The zero-order valence-corrected chi connectivity index (χ0v) is 18.0. The third-order valence-electron chi connectivity index (χ3n) is 5.21. The summed E-state index contributed by atoms with van der Waals surface area (Å²) < 4.78 is 5.30. The molecule has 0 bridgehead atoms. The van der Waals surface area contributed by atoms with Crippen molar-refractivity contribution >= 4 is 40.4 Å². The number of nitrogens with zero attached hydrogens (tertiary/aromatic N) is 3. The summed E-state index contributed by atoms with van der Waals surface area (Å²) in [4.78, 5) is 11.5. The van der Waals surface area contributed by atoms with Gasteiger partial charge in [0, 0.05) is 48.0 Å². The van der Waals surface area contributed by atoms with E-state index in [-0.39, 0.29) is 0 Å². The van der Waals surface area contributed by atoms with Gasteiger partial charge < -0.3 is 20.3 Å². The molecule has 0 amide bonds. The van der Waals surface area contributed by atoms with E-state index in [4.69, 9.17) is 16.3 Å². The van der Waals surface area contributed by atoms with E-state index in [1.807, 2.05) is 25.1 Å². The summed E-state index contributed by atoms with van der Waals surface area (Å²) >= 11 is 6.12. The third kappa shape index (κ3) is 4.76. The van der Waals surface area contributed by atoms with Crippen LogP contribution in [0.4, 0.5) is 28.8 Å². The number of aromatic nitrogens is 2. The summed E-state index contributed by atoms with van der Waals surface area (Å²) in [7, 11) is 1.60. The molecule has 0 unspecified atom stereocenters. The summed E-state index contributed by atoms with van der Waals surface area (Å²) in [5.41, 5.74) is 3.99. The Hall–Kier alpha value is -2.99. The topological polar surface area (TPSA) is 62.3 Å². The molecular formula is C23H26ClN5O. The molecule has 30 heavy (non-hydrogen) atoms. The molecule has 156 valence electrons. The molecule has 2 heterocycles. The van der Waals surface area contributed by atoms with E-state index in [0.717, 1.165) is 35.8 Å². The van der Waals surface area contributed by atoms with Crippen molar-refractivity contribution in [3.05, 3.63) is 59.2 Å². The zero-order chi connectivity index (χ0) is 20.9. The highest BCUT2D eigenvalue weighted by atomic mass is 35.5. The van der Waals surface area contributed by atoms with E-state index in [2.05, 4.69) is 43.7 Å². The fraction of sp³-hybridized carbons (Fsp3) is 0.304. The molecule has 2 N–H and O–H groups in total. The van der Waals surface area contributed by atoms with Gasteiger partial charge in [-0.25, -0.2) is 4.98 Å². The number of anilines is 5. The summed E-state index contributed by atoms with van der Waals surface area (Å²) in [6.07, 6.45) is 5.63. The maximum atomic E-state index is 6.12. The molecule has 6 nitrogen and oxygen atoms in total. The average Bonchev–Trinajstić information content (AvgIpc) is 2.78. The molecule has 1 saturated heterocycles. The van der Waals surface area contributed by atoms with Crippen LogP contribution in [0.1, 0.15) is 24.8 Å². The minimum absolute atomic E-state index is 0.542. The van der Waals surface area contributed by atoms with E-state index in [1.165, 1.54) is 24.9 Å². The highest BCUT2D eigenvalue weighted by Crippen LogP contribution is 2.30. The summed E-state index contributed by atoms with van der Waals surface area (Å²) in [5, 5.41) is 7.23. The van der Waals surface area contributed by atoms with Crippen LogP contribution < -0.4 is 20.3 Å². The molecule has 1 aromatic heterocycles. The number of halogens is 1. The van der Waals surface area contributed by atoms with Crippen molar-refractivity contribution in [1.29, 1.82) is 0 Å². The second kappa shape index (κ2) is 9.22. The van der Waals surface area contributed by atoms with Gasteiger partial charge in [0.1, 0.15) is 11.6 Å². The third-order valence-corrected chi connectivity index (χ3v) is 5.52. The lowest BCUT2D eigenvalue weighted by atomic mass is 10.1. The van der Waals surface area contributed by atoms with E-state index in [1.54, 1.807) is 19.4 Å². The largest absolute Gasteiger partial charge is 0.495 e. The minimum atomic E-state index is 0.542. The quantitative estimate of drug-likeness (QED) is 0.512. The van der Waals surface area contributed by atoms with E-state index >= 15 is 0 Å². The zero-order valence-electron chi connectivity index (χ0n) is 17.3. The summed E-state index contributed by atoms with van der Waals surface area (Å²) in [6, 6.07) is 14.0. The van der Waals surface area contributed by atoms with Gasteiger partial charge in [0.2, 0.25) is 5.95 Å². The van der Waals surface area contributed by atoms with Gasteiger partial charge in [-0.15, -0.1) is 0 Å². The second-order valence-corrected chi connectivity index (χ2v) is 7.83. The van der Waals surface area contributed by atoms with Crippen molar-refractivity contribution in [2.24, 2.45) is 0 Å². The number of rotatable bonds is 6. The Morgan fingerprint density at radius 1 is 1.00 bits per heavy atom. The monoisotopic (exact) mass is 423 g/mol. The fourth-order valence-electron chi connectivity index (χ4n) is 3.56. The Kier molecular flexibility index (Phi) is 6.23. The van der Waals surface area contributed by atoms with E-state index < -0.39 is 0 Å². The maximum Gasteiger partial charge on any atom is 0.229 e. The summed E-state index contributed by atoms with van der Waals surface area (Å²) in [6.45, 7) is 4.20. The first-order valence-electron chi connectivity index (χ1n) is 10.2. The smallest absolute Gasteiger partial charge is 0.229 e. The van der Waals surface area contributed by atoms with Crippen LogP contribution in [0.3, 0.4) is 0 Å². The van der Waals surface area contributed by atoms with Crippen LogP contribution in [0, 0.1) is 6.92 Å². The first-order chi connectivity index (χ1) is 14.6. The van der Waals surface area contributed by atoms with Crippen molar-refractivity contribution in [1.82, 2.24) is 9.97 Å². The average molecular weight is 424 g/mol. The maximum absolute atomic E-state index is 6.12. The number of hydrogen-bond donors (Lipinski definition) is 2. The number of ether oxygens (including phenoxy) is 1. The van der Waals surface area contributed by atoms with Crippen LogP contribution in [-0.4, -0.2) is 30.2 Å². The van der Waals surface area contributed by atoms with Crippen LogP contribution in [0.2, 0.25) is 5.02 Å². The first kappa shape index (κ1) is 20.3. The Morgan fingerprint density at radius 2 is 1.80 bits per heavy atom. The van der Waals surface area contributed by atoms with Crippen molar-refractivity contribution < 1.29 is 4.74 Å². The standard InChI is InChI=1S/C23H26ClN5O/c1-16-15-25-23(28-22(16)26-18-9-10-20(24)21(14-18)30-2)27-17-7-6-8-19(13-17)29-11-4-3-5-12-29/h6-10,13-15H,3-5,11-12H2,1-2H3,(H2,25,26,27,28). The Morgan fingerprint density at radius 3 is 2.60 bits per heavy atom. The van der Waals surface area contributed by atoms with Crippen LogP contribution in [-0.2, 0) is 0 Å². The first-order valence-corrected chi connectivity index (χ1v) is 10.6. The number of methoxy groups -OCH3 is 1. The molecule has 0 radical (unpaired) electrons. The number of nitrogens with one attached hydrogen (secondary N) is 2. The molecular weight excluding hydrogens is 398 g/mol. The minimum Gasteiger partial charge on any atom is -0.495 e. The lowest BCUT2D eigenvalue weighted by Gasteiger charge is -2.29. The van der Waals surface area contributed by atoms with Crippen LogP contribution >= 0.6 is 11.6 Å². The van der Waals surface area contributed by atoms with Crippen molar-refractivity contribution in [3.63, 3.8) is 0 Å². The lowest BCUT2D eigenvalue weighted by molar-refractivity contribution is 0.415. The van der Waals surface area contributed by atoms with E-state index in [9.17, 15) is 0 Å². The van der Waals surface area contributed by atoms with Gasteiger partial charge in [-0.2, -0.15) is 4.98 Å². The molecule has 1 aliphatic rings. The van der Waals surface area contributed by atoms with Gasteiger partial charge in [0.25, 0.3) is 0 Å². The number of benzene rings is 2. The lowest BCUT2D eigenvalue weighted by Crippen LogP contribution is -2.29. The SMILES string of the molecule is COc1cc(Nc2nc(Nc3cccc(N4CCCCC4)c3)ncc2C)ccc1Cl. The highest BCUT2D eigenvalue weighted by Gasteiger charge is 2.12. The highest BCUT2D eigenvalue weighted by molar-refractivity contribution is 6.32. The van der Waals surface area contributed by atoms with Gasteiger partial charge >= 0.3 is 0 Å². The Labute approximate surface area is 182 Å². The molecule has 0 atom stereocenters. The Balaban J connectivity index is 1.52.